The second kappa shape index (κ2) is 7.47. The topological polar surface area (TPSA) is 4.93 Å². The molecule has 0 atom stereocenters. The second-order valence-corrected chi connectivity index (χ2v) is 6.51. The van der Waals surface area contributed by atoms with E-state index in [2.05, 4.69) is 73.1 Å². The molecule has 0 unspecified atom stereocenters. The van der Waals surface area contributed by atoms with Crippen LogP contribution in [-0.4, -0.2) is 4.57 Å². The van der Waals surface area contributed by atoms with Gasteiger partial charge in [0.15, 0.2) is 0 Å². The van der Waals surface area contributed by atoms with Crippen molar-refractivity contribution in [2.75, 3.05) is 0 Å². The molecule has 0 saturated carbocycles. The number of benzene rings is 2. The predicted molar refractivity (Wildman–Crippen MR) is 106 cm³/mol. The Balaban J connectivity index is 0.000000695. The summed E-state index contributed by atoms with van der Waals surface area (Å²) in [5.74, 6) is 0. The van der Waals surface area contributed by atoms with Crippen molar-refractivity contribution in [1.29, 1.82) is 0 Å². The van der Waals surface area contributed by atoms with Gasteiger partial charge in [0.25, 0.3) is 0 Å². The van der Waals surface area contributed by atoms with Gasteiger partial charge in [0, 0.05) is 38.6 Å². The summed E-state index contributed by atoms with van der Waals surface area (Å²) in [5.41, 5.74) is 3.90. The quantitative estimate of drug-likeness (QED) is 0.214. The molecule has 0 saturated heterocycles. The maximum absolute atomic E-state index is 2.32. The molecular formula is C21H24NRfS-. The van der Waals surface area contributed by atoms with E-state index in [-0.39, 0.29) is 7.43 Å². The van der Waals surface area contributed by atoms with Crippen LogP contribution in [0.4, 0.5) is 0 Å². The zero-order chi connectivity index (χ0) is 15.7. The first-order valence-electron chi connectivity index (χ1n) is 7.78. The second-order valence-electron chi connectivity index (χ2n) is 5.22. The molecule has 0 aliphatic heterocycles. The van der Waals surface area contributed by atoms with Gasteiger partial charge >= 0.3 is 0 Å². The molecule has 0 aliphatic rings. The van der Waals surface area contributed by atoms with Crippen LogP contribution in [-0.2, 0) is 7.05 Å². The Morgan fingerprint density at radius 1 is 0.833 bits per heavy atom. The molecule has 0 N–H and O–H groups in total. The summed E-state index contributed by atoms with van der Waals surface area (Å²) in [7, 11) is 2.14. The fourth-order valence-corrected chi connectivity index (χ4v) is 3.77. The van der Waals surface area contributed by atoms with Crippen LogP contribution in [0, 0.1) is 14.4 Å². The SMILES string of the molecule is CC.Cc1ccc(-c2ccc3c(c2)c2ccccc2n3C)s1.[CH3-].[Rf]. The first kappa shape index (κ1) is 19.0. The Morgan fingerprint density at radius 3 is 2.17 bits per heavy atom. The molecule has 0 amide bonds. The molecule has 0 fully saturated rings. The number of fused-ring (bicyclic) bond motifs is 3. The summed E-state index contributed by atoms with van der Waals surface area (Å²) in [4.78, 5) is 2.70. The Bertz CT molecular complexity index is 933. The number of hydrogen-bond acceptors (Lipinski definition) is 1. The molecule has 4 rings (SSSR count). The van der Waals surface area contributed by atoms with Crippen molar-refractivity contribution >= 4 is 33.1 Å². The predicted octanol–water partition coefficient (Wildman–Crippen LogP) is 6.84. The summed E-state index contributed by atoms with van der Waals surface area (Å²) in [6, 6.07) is 19.8. The minimum absolute atomic E-state index is 0. The average molecular weight is 589 g/mol. The van der Waals surface area contributed by atoms with Crippen molar-refractivity contribution in [3.63, 3.8) is 0 Å². The van der Waals surface area contributed by atoms with Gasteiger partial charge in [0.1, 0.15) is 0 Å². The largest absolute Gasteiger partial charge is 0.358 e. The van der Waals surface area contributed by atoms with Gasteiger partial charge in [0.05, 0.1) is 0 Å². The normalized spacial score (nSPS) is 9.83. The first-order valence-corrected chi connectivity index (χ1v) is 8.60. The Morgan fingerprint density at radius 2 is 1.50 bits per heavy atom. The third-order valence-electron chi connectivity index (χ3n) is 3.94. The zero-order valence-electron chi connectivity index (χ0n) is 15.3. The standard InChI is InChI=1S/C18H15NS.C2H6.CH3.Rf/c1-12-7-10-18(20-12)13-8-9-17-15(11-13)14-5-3-4-6-16(14)19(17)2;1-2;;/h3-11H,1-2H3;1-2H3;1H3;/q;;-1;. The molecule has 0 spiro atoms. The number of aryl methyl sites for hydroxylation is 2. The van der Waals surface area contributed by atoms with E-state index in [0.29, 0.717) is 0 Å². The maximum Gasteiger partial charge on any atom is 0.0489 e. The van der Waals surface area contributed by atoms with Crippen molar-refractivity contribution in [2.24, 2.45) is 7.05 Å². The van der Waals surface area contributed by atoms with Crippen LogP contribution in [0.2, 0.25) is 0 Å². The number of rotatable bonds is 1. The van der Waals surface area contributed by atoms with Gasteiger partial charge in [-0.2, -0.15) is 0 Å². The van der Waals surface area contributed by atoms with Gasteiger partial charge in [-0.3, -0.25) is 0 Å². The summed E-state index contributed by atoms with van der Waals surface area (Å²) in [5, 5.41) is 2.67. The van der Waals surface area contributed by atoms with Crippen molar-refractivity contribution in [3.8, 4) is 10.4 Å². The van der Waals surface area contributed by atoms with Crippen molar-refractivity contribution in [2.45, 2.75) is 20.8 Å². The van der Waals surface area contributed by atoms with Crippen molar-refractivity contribution in [1.82, 2.24) is 4.57 Å². The molecular weight excluding hydrogens is 565 g/mol. The fraction of sp³-hybridized carbons (Fsp3) is 0.190. The van der Waals surface area contributed by atoms with Gasteiger partial charge < -0.3 is 12.0 Å². The van der Waals surface area contributed by atoms with Crippen molar-refractivity contribution < 1.29 is 0 Å². The van der Waals surface area contributed by atoms with E-state index in [1.54, 1.807) is 0 Å². The minimum atomic E-state index is 0. The van der Waals surface area contributed by atoms with Gasteiger partial charge in [-0.25, -0.2) is 0 Å². The van der Waals surface area contributed by atoms with E-state index in [1.807, 2.05) is 25.2 Å². The molecule has 0 aliphatic carbocycles. The first-order chi connectivity index (χ1) is 10.7. The number of aromatic nitrogens is 1. The zero-order valence-corrected chi connectivity index (χ0v) is 22.5. The monoisotopic (exact) mass is 589 g/mol. The van der Waals surface area contributed by atoms with Crippen LogP contribution >= 0.6 is 11.3 Å². The number of para-hydroxylation sites is 1. The fourth-order valence-electron chi connectivity index (χ4n) is 2.91. The molecule has 2 aromatic heterocycles. The van der Waals surface area contributed by atoms with E-state index < -0.39 is 0 Å². The van der Waals surface area contributed by atoms with Gasteiger partial charge in [-0.15, -0.1) is 11.3 Å². The summed E-state index contributed by atoms with van der Waals surface area (Å²) < 4.78 is 2.27. The van der Waals surface area contributed by atoms with Gasteiger partial charge in [-0.1, -0.05) is 38.1 Å². The van der Waals surface area contributed by atoms with Crippen LogP contribution < -0.4 is 0 Å². The molecule has 2 heterocycles. The van der Waals surface area contributed by atoms with Crippen molar-refractivity contribution in [3.05, 3.63) is 66.9 Å². The molecule has 0 bridgehead atoms. The van der Waals surface area contributed by atoms with E-state index in [4.69, 9.17) is 0 Å². The molecule has 122 valence electrons. The third kappa shape index (κ3) is 2.89. The number of hydrogen-bond donors (Lipinski definition) is 0. The number of nitrogens with zero attached hydrogens (tertiary/aromatic N) is 1. The third-order valence-corrected chi connectivity index (χ3v) is 4.99. The summed E-state index contributed by atoms with van der Waals surface area (Å²) in [6.07, 6.45) is 0. The maximum atomic E-state index is 2.32. The molecule has 4 aromatic rings. The van der Waals surface area contributed by atoms with E-state index >= 15 is 0 Å². The molecule has 3 heteroatoms. The minimum Gasteiger partial charge on any atom is -0.358 e. The Kier molecular flexibility index (Phi) is 5.91. The summed E-state index contributed by atoms with van der Waals surface area (Å²) >= 11 is 1.85. The van der Waals surface area contributed by atoms with Crippen LogP contribution in [0.25, 0.3) is 32.2 Å². The number of thiophene rings is 1. The van der Waals surface area contributed by atoms with Crippen LogP contribution in [0.1, 0.15) is 18.7 Å². The van der Waals surface area contributed by atoms with Crippen LogP contribution in [0.15, 0.2) is 54.6 Å². The smallest absolute Gasteiger partial charge is 0.0489 e. The molecule has 2 aromatic carbocycles. The van der Waals surface area contributed by atoms with E-state index in [0.717, 1.165) is 0 Å². The van der Waals surface area contributed by atoms with Crippen LogP contribution in [0.3, 0.4) is 0 Å². The average Bonchev–Trinajstić information content (AvgIpc) is 3.12. The van der Waals surface area contributed by atoms with Crippen LogP contribution in [0.5, 0.6) is 0 Å². The molecule has 24 heavy (non-hydrogen) atoms. The van der Waals surface area contributed by atoms with Gasteiger partial charge in [-0.05, 0) is 42.8 Å². The Hall–Kier alpha value is -3.06. The summed E-state index contributed by atoms with van der Waals surface area (Å²) in [6.45, 7) is 6.16. The van der Waals surface area contributed by atoms with E-state index in [1.165, 1.54) is 37.1 Å². The van der Waals surface area contributed by atoms with Gasteiger partial charge in [0.2, 0.25) is 0 Å². The molecule has 1 nitrogen and oxygen atoms in total. The Labute approximate surface area is 143 Å². The molecule has 0 radical (unpaired) electrons. The van der Waals surface area contributed by atoms with E-state index in [9.17, 15) is 0 Å².